The Morgan fingerprint density at radius 2 is 2.00 bits per heavy atom. The average molecular weight is 429 g/mol. The van der Waals surface area contributed by atoms with Gasteiger partial charge in [0.25, 0.3) is 11.2 Å². The number of aryl methyl sites for hydroxylation is 3. The first-order chi connectivity index (χ1) is 14.8. The SMILES string of the molecule is CCCCn1c(=O)[nH]c(=O)c2c1nc(COC(=O)c1ccc(C)c([N+](=O)[O-])c1)n2CC. The summed E-state index contributed by atoms with van der Waals surface area (Å²) in [5.41, 5.74) is -0.346. The number of carbonyl (C=O) groups is 1. The largest absolute Gasteiger partial charge is 0.454 e. The fourth-order valence-corrected chi connectivity index (χ4v) is 3.34. The van der Waals surface area contributed by atoms with Gasteiger partial charge in [-0.05, 0) is 26.3 Å². The van der Waals surface area contributed by atoms with Crippen LogP contribution in [-0.4, -0.2) is 30.0 Å². The Bertz CT molecular complexity index is 1270. The van der Waals surface area contributed by atoms with Crippen molar-refractivity contribution in [1.29, 1.82) is 0 Å². The predicted octanol–water partition coefficient (Wildman–Crippen LogP) is 2.28. The molecule has 0 aliphatic heterocycles. The summed E-state index contributed by atoms with van der Waals surface area (Å²) in [4.78, 5) is 54.4. The second-order valence-electron chi connectivity index (χ2n) is 7.04. The first-order valence-corrected chi connectivity index (χ1v) is 9.92. The van der Waals surface area contributed by atoms with Gasteiger partial charge in [-0.1, -0.05) is 19.4 Å². The van der Waals surface area contributed by atoms with Crippen LogP contribution in [0.15, 0.2) is 27.8 Å². The van der Waals surface area contributed by atoms with Crippen molar-refractivity contribution in [2.45, 2.75) is 53.3 Å². The summed E-state index contributed by atoms with van der Waals surface area (Å²) in [6, 6.07) is 4.08. The summed E-state index contributed by atoms with van der Waals surface area (Å²) in [6.07, 6.45) is 1.59. The number of nitro groups is 1. The van der Waals surface area contributed by atoms with Crippen LogP contribution in [-0.2, 0) is 24.4 Å². The highest BCUT2D eigenvalue weighted by atomic mass is 16.6. The molecule has 0 bridgehead atoms. The van der Waals surface area contributed by atoms with Gasteiger partial charge in [-0.25, -0.2) is 14.6 Å². The molecule has 11 nitrogen and oxygen atoms in total. The molecule has 0 spiro atoms. The topological polar surface area (TPSA) is 142 Å². The third kappa shape index (κ3) is 4.25. The van der Waals surface area contributed by atoms with Gasteiger partial charge in [0.15, 0.2) is 11.2 Å². The molecule has 0 amide bonds. The van der Waals surface area contributed by atoms with Crippen molar-refractivity contribution in [2.24, 2.45) is 0 Å². The molecule has 2 heterocycles. The number of fused-ring (bicyclic) bond motifs is 1. The van der Waals surface area contributed by atoms with Crippen molar-refractivity contribution in [1.82, 2.24) is 19.1 Å². The van der Waals surface area contributed by atoms with Crippen molar-refractivity contribution >= 4 is 22.8 Å². The fourth-order valence-electron chi connectivity index (χ4n) is 3.34. The average Bonchev–Trinajstić information content (AvgIpc) is 3.10. The molecule has 0 fully saturated rings. The number of benzene rings is 1. The zero-order valence-electron chi connectivity index (χ0n) is 17.5. The van der Waals surface area contributed by atoms with Gasteiger partial charge in [0.2, 0.25) is 0 Å². The van der Waals surface area contributed by atoms with Crippen molar-refractivity contribution in [2.75, 3.05) is 0 Å². The van der Waals surface area contributed by atoms with Gasteiger partial charge in [-0.3, -0.25) is 24.5 Å². The number of hydrogen-bond acceptors (Lipinski definition) is 7. The normalized spacial score (nSPS) is 11.1. The van der Waals surface area contributed by atoms with Gasteiger partial charge in [0, 0.05) is 24.7 Å². The van der Waals surface area contributed by atoms with Crippen LogP contribution in [0.1, 0.15) is 48.4 Å². The summed E-state index contributed by atoms with van der Waals surface area (Å²) in [7, 11) is 0. The molecule has 0 unspecified atom stereocenters. The van der Waals surface area contributed by atoms with E-state index in [1.807, 2.05) is 6.92 Å². The van der Waals surface area contributed by atoms with E-state index >= 15 is 0 Å². The predicted molar refractivity (Wildman–Crippen MR) is 112 cm³/mol. The van der Waals surface area contributed by atoms with Crippen molar-refractivity contribution in [3.63, 3.8) is 0 Å². The van der Waals surface area contributed by atoms with Crippen molar-refractivity contribution < 1.29 is 14.5 Å². The number of unbranched alkanes of at least 4 members (excludes halogenated alkanes) is 1. The third-order valence-electron chi connectivity index (χ3n) is 4.99. The molecule has 1 N–H and O–H groups in total. The van der Waals surface area contributed by atoms with E-state index in [1.54, 1.807) is 18.4 Å². The van der Waals surface area contributed by atoms with Crippen LogP contribution in [0.4, 0.5) is 5.69 Å². The third-order valence-corrected chi connectivity index (χ3v) is 4.99. The molecule has 3 aromatic rings. The Hall–Kier alpha value is -3.76. The van der Waals surface area contributed by atoms with Gasteiger partial charge in [-0.15, -0.1) is 0 Å². The highest BCUT2D eigenvalue weighted by Gasteiger charge is 2.20. The van der Waals surface area contributed by atoms with E-state index in [2.05, 4.69) is 9.97 Å². The lowest BCUT2D eigenvalue weighted by atomic mass is 10.1. The number of hydrogen-bond donors (Lipinski definition) is 1. The van der Waals surface area contributed by atoms with Crippen LogP contribution >= 0.6 is 0 Å². The maximum atomic E-state index is 12.4. The second kappa shape index (κ2) is 8.94. The minimum Gasteiger partial charge on any atom is -0.454 e. The van der Waals surface area contributed by atoms with Crippen LogP contribution in [0.5, 0.6) is 0 Å². The van der Waals surface area contributed by atoms with E-state index in [4.69, 9.17) is 4.74 Å². The Morgan fingerprint density at radius 3 is 2.65 bits per heavy atom. The minimum absolute atomic E-state index is 0.0363. The number of aromatic amines is 1. The molecule has 0 radical (unpaired) electrons. The molecule has 11 heteroatoms. The van der Waals surface area contributed by atoms with Crippen LogP contribution in [0.2, 0.25) is 0 Å². The molecule has 2 aromatic heterocycles. The van der Waals surface area contributed by atoms with E-state index < -0.39 is 22.1 Å². The number of esters is 1. The molecule has 3 rings (SSSR count). The highest BCUT2D eigenvalue weighted by molar-refractivity contribution is 5.90. The van der Waals surface area contributed by atoms with Gasteiger partial charge in [0.05, 0.1) is 10.5 Å². The van der Waals surface area contributed by atoms with Crippen molar-refractivity contribution in [3.05, 3.63) is 66.1 Å². The monoisotopic (exact) mass is 429 g/mol. The lowest BCUT2D eigenvalue weighted by molar-refractivity contribution is -0.385. The quantitative estimate of drug-likeness (QED) is 0.329. The standard InChI is InChI=1S/C20H23N5O6/c1-4-6-9-24-17-16(18(26)22-20(24)28)23(5-2)15(21-17)11-31-19(27)13-8-7-12(3)14(10-13)25(29)30/h7-8,10H,4-6,9,11H2,1-3H3,(H,22,26,28). The number of imidazole rings is 1. The maximum absolute atomic E-state index is 12.4. The van der Waals surface area contributed by atoms with Gasteiger partial charge < -0.3 is 9.30 Å². The van der Waals surface area contributed by atoms with E-state index in [-0.39, 0.29) is 29.0 Å². The maximum Gasteiger partial charge on any atom is 0.338 e. The van der Waals surface area contributed by atoms with Crippen LogP contribution < -0.4 is 11.2 Å². The number of H-pyrrole nitrogens is 1. The summed E-state index contributed by atoms with van der Waals surface area (Å²) in [6.45, 7) is 5.87. The summed E-state index contributed by atoms with van der Waals surface area (Å²) in [5, 5.41) is 11.1. The fraction of sp³-hybridized carbons (Fsp3) is 0.400. The number of aromatic nitrogens is 4. The first-order valence-electron chi connectivity index (χ1n) is 9.92. The Balaban J connectivity index is 1.95. The molecule has 0 aliphatic rings. The smallest absolute Gasteiger partial charge is 0.338 e. The Kier molecular flexibility index (Phi) is 6.33. The van der Waals surface area contributed by atoms with E-state index in [0.29, 0.717) is 24.5 Å². The minimum atomic E-state index is -0.755. The molecule has 0 saturated heterocycles. The van der Waals surface area contributed by atoms with Gasteiger partial charge >= 0.3 is 11.7 Å². The van der Waals surface area contributed by atoms with E-state index in [9.17, 15) is 24.5 Å². The number of rotatable bonds is 8. The van der Waals surface area contributed by atoms with Crippen LogP contribution in [0, 0.1) is 17.0 Å². The number of carbonyl (C=O) groups excluding carboxylic acids is 1. The Morgan fingerprint density at radius 1 is 1.26 bits per heavy atom. The molecule has 0 saturated carbocycles. The van der Waals surface area contributed by atoms with E-state index in [0.717, 1.165) is 18.9 Å². The lowest BCUT2D eigenvalue weighted by Gasteiger charge is -2.07. The van der Waals surface area contributed by atoms with E-state index in [1.165, 1.54) is 16.7 Å². The number of nitrogens with zero attached hydrogens (tertiary/aromatic N) is 4. The zero-order chi connectivity index (χ0) is 22.7. The molecule has 0 aliphatic carbocycles. The molecular formula is C20H23N5O6. The zero-order valence-corrected chi connectivity index (χ0v) is 17.5. The Labute approximate surface area is 176 Å². The summed E-state index contributed by atoms with van der Waals surface area (Å²) in [5.74, 6) is -0.455. The lowest BCUT2D eigenvalue weighted by Crippen LogP contribution is -2.31. The molecule has 31 heavy (non-hydrogen) atoms. The summed E-state index contributed by atoms with van der Waals surface area (Å²) >= 11 is 0. The summed E-state index contributed by atoms with van der Waals surface area (Å²) < 4.78 is 8.30. The first kappa shape index (κ1) is 21.9. The van der Waals surface area contributed by atoms with Gasteiger partial charge in [0.1, 0.15) is 12.4 Å². The number of nitrogens with one attached hydrogen (secondary N) is 1. The van der Waals surface area contributed by atoms with Crippen LogP contribution in [0.25, 0.3) is 11.2 Å². The molecule has 0 atom stereocenters. The van der Waals surface area contributed by atoms with Gasteiger partial charge in [-0.2, -0.15) is 0 Å². The molecule has 1 aromatic carbocycles. The number of ether oxygens (including phenoxy) is 1. The van der Waals surface area contributed by atoms with Crippen LogP contribution in [0.3, 0.4) is 0 Å². The highest BCUT2D eigenvalue weighted by Crippen LogP contribution is 2.20. The van der Waals surface area contributed by atoms with Crippen molar-refractivity contribution in [3.8, 4) is 0 Å². The number of nitro benzene ring substituents is 1. The second-order valence-corrected chi connectivity index (χ2v) is 7.04. The molecular weight excluding hydrogens is 406 g/mol. The molecule has 164 valence electrons.